The third-order valence-electron chi connectivity index (χ3n) is 12.1. The Morgan fingerprint density at radius 1 is 0.230 bits per heavy atom. The van der Waals surface area contributed by atoms with E-state index in [1.807, 2.05) is 0 Å². The third-order valence-corrected chi connectivity index (χ3v) is 12.1. The zero-order valence-electron chi connectivity index (χ0n) is 33.6. The Balaban J connectivity index is 1.09. The Bertz CT molecular complexity index is 3320. The van der Waals surface area contributed by atoms with E-state index >= 15 is 0 Å². The lowest BCUT2D eigenvalue weighted by Crippen LogP contribution is -2.12. The smallest absolute Gasteiger partial charge is 0.0540 e. The van der Waals surface area contributed by atoms with Crippen LogP contribution in [0.5, 0.6) is 0 Å². The van der Waals surface area contributed by atoms with Crippen molar-refractivity contribution >= 4 is 49.4 Å². The monoisotopic (exact) mass is 775 g/mol. The van der Waals surface area contributed by atoms with Gasteiger partial charge in [0, 0.05) is 16.8 Å². The Morgan fingerprint density at radius 3 is 1.41 bits per heavy atom. The summed E-state index contributed by atoms with van der Waals surface area (Å²) in [4.78, 5) is 2.44. The summed E-state index contributed by atoms with van der Waals surface area (Å²) in [6, 6.07) is 90.4. The van der Waals surface area contributed by atoms with Crippen LogP contribution in [-0.4, -0.2) is 0 Å². The van der Waals surface area contributed by atoms with Crippen LogP contribution in [0.2, 0.25) is 0 Å². The van der Waals surface area contributed by atoms with E-state index in [0.29, 0.717) is 0 Å². The van der Waals surface area contributed by atoms with E-state index in [2.05, 4.69) is 254 Å². The number of anilines is 3. The molecule has 1 nitrogen and oxygen atoms in total. The van der Waals surface area contributed by atoms with Crippen molar-refractivity contribution in [3.63, 3.8) is 0 Å². The maximum atomic E-state index is 2.44. The molecule has 0 bridgehead atoms. The molecule has 0 amide bonds. The van der Waals surface area contributed by atoms with Gasteiger partial charge in [-0.3, -0.25) is 0 Å². The molecule has 61 heavy (non-hydrogen) atoms. The topological polar surface area (TPSA) is 3.24 Å². The quantitative estimate of drug-likeness (QED) is 0.139. The van der Waals surface area contributed by atoms with Crippen LogP contribution in [0.3, 0.4) is 0 Å². The Labute approximate surface area is 357 Å². The van der Waals surface area contributed by atoms with Crippen molar-refractivity contribution in [3.8, 4) is 55.6 Å². The van der Waals surface area contributed by atoms with Crippen LogP contribution in [0, 0.1) is 0 Å². The molecule has 0 aromatic heterocycles. The molecule has 0 saturated heterocycles. The fourth-order valence-corrected chi connectivity index (χ4v) is 9.09. The Kier molecular flexibility index (Phi) is 9.26. The van der Waals surface area contributed by atoms with Gasteiger partial charge in [0.15, 0.2) is 0 Å². The fraction of sp³-hybridized carbons (Fsp3) is 0. The Morgan fingerprint density at radius 2 is 0.705 bits per heavy atom. The number of fused-ring (bicyclic) bond motifs is 5. The summed E-state index contributed by atoms with van der Waals surface area (Å²) in [5, 5.41) is 7.62. The maximum absolute atomic E-state index is 2.44. The second-order valence-corrected chi connectivity index (χ2v) is 15.7. The van der Waals surface area contributed by atoms with Gasteiger partial charge in [-0.2, -0.15) is 0 Å². The van der Waals surface area contributed by atoms with E-state index in [-0.39, 0.29) is 0 Å². The van der Waals surface area contributed by atoms with Crippen LogP contribution in [0.4, 0.5) is 17.1 Å². The van der Waals surface area contributed by atoms with Crippen molar-refractivity contribution in [3.05, 3.63) is 249 Å². The van der Waals surface area contributed by atoms with Crippen LogP contribution in [0.25, 0.3) is 88.0 Å². The normalized spacial score (nSPS) is 11.3. The average molecular weight is 776 g/mol. The molecular weight excluding hydrogens is 735 g/mol. The molecule has 0 fully saturated rings. The average Bonchev–Trinajstić information content (AvgIpc) is 3.35. The second-order valence-electron chi connectivity index (χ2n) is 15.7. The van der Waals surface area contributed by atoms with Crippen LogP contribution in [-0.2, 0) is 0 Å². The van der Waals surface area contributed by atoms with Crippen LogP contribution >= 0.6 is 0 Å². The van der Waals surface area contributed by atoms with E-state index in [1.54, 1.807) is 0 Å². The minimum atomic E-state index is 1.08. The summed E-state index contributed by atoms with van der Waals surface area (Å²) in [6.45, 7) is 0. The van der Waals surface area contributed by atoms with Crippen molar-refractivity contribution in [2.24, 2.45) is 0 Å². The summed E-state index contributed by atoms with van der Waals surface area (Å²) in [5.41, 5.74) is 15.2. The van der Waals surface area contributed by atoms with E-state index < -0.39 is 0 Å². The number of hydrogen-bond donors (Lipinski definition) is 0. The first kappa shape index (κ1) is 36.1. The number of rotatable bonds is 8. The highest BCUT2D eigenvalue weighted by Gasteiger charge is 2.22. The van der Waals surface area contributed by atoms with Gasteiger partial charge in [0.2, 0.25) is 0 Å². The van der Waals surface area contributed by atoms with Crippen LogP contribution < -0.4 is 4.90 Å². The van der Waals surface area contributed by atoms with Gasteiger partial charge in [0.25, 0.3) is 0 Å². The molecule has 11 aromatic rings. The lowest BCUT2D eigenvalue weighted by Gasteiger charge is -2.30. The van der Waals surface area contributed by atoms with Gasteiger partial charge in [-0.1, -0.05) is 218 Å². The standard InChI is InChI=1S/C60H41N/c1-4-15-42(16-5-1)43-27-29-44(30-28-43)45-33-37-51(38-34-45)61(58-26-13-12-22-53(58)46-17-6-2-7-18-46)59-40-36-50(41-57(59)47-19-8-3-9-20-47)52-24-14-25-56-55(52)39-35-49-32-31-48-21-10-11-23-54(48)60(49)56/h1-41H. The van der Waals surface area contributed by atoms with Gasteiger partial charge in [-0.05, 0) is 107 Å². The highest BCUT2D eigenvalue weighted by atomic mass is 15.1. The zero-order chi connectivity index (χ0) is 40.5. The van der Waals surface area contributed by atoms with Crippen LogP contribution in [0.1, 0.15) is 0 Å². The summed E-state index contributed by atoms with van der Waals surface area (Å²) in [5.74, 6) is 0. The highest BCUT2D eigenvalue weighted by Crippen LogP contribution is 2.47. The number of para-hydroxylation sites is 1. The molecular formula is C60H41N. The van der Waals surface area contributed by atoms with Gasteiger partial charge in [-0.25, -0.2) is 0 Å². The SMILES string of the molecule is c1ccc(-c2ccc(-c3ccc(N(c4ccccc4-c4ccccc4)c4ccc(-c5cccc6c5ccc5ccc7ccccc7c56)cc4-c4ccccc4)cc3)cc2)cc1. The molecule has 0 aliphatic heterocycles. The molecule has 11 rings (SSSR count). The molecule has 286 valence electrons. The van der Waals surface area contributed by atoms with Crippen molar-refractivity contribution in [1.29, 1.82) is 0 Å². The van der Waals surface area contributed by atoms with Crippen molar-refractivity contribution in [2.75, 3.05) is 4.90 Å². The lowest BCUT2D eigenvalue weighted by molar-refractivity contribution is 1.28. The van der Waals surface area contributed by atoms with E-state index in [4.69, 9.17) is 0 Å². The number of nitrogens with zero attached hydrogens (tertiary/aromatic N) is 1. The highest BCUT2D eigenvalue weighted by molar-refractivity contribution is 6.22. The largest absolute Gasteiger partial charge is 0.309 e. The molecule has 0 spiro atoms. The predicted octanol–water partition coefficient (Wildman–Crippen LogP) is 17.0. The molecule has 0 heterocycles. The Hall–Kier alpha value is -8.00. The fourth-order valence-electron chi connectivity index (χ4n) is 9.09. The molecule has 11 aromatic carbocycles. The van der Waals surface area contributed by atoms with E-state index in [1.165, 1.54) is 76.8 Å². The minimum Gasteiger partial charge on any atom is -0.309 e. The van der Waals surface area contributed by atoms with Crippen molar-refractivity contribution in [2.45, 2.75) is 0 Å². The van der Waals surface area contributed by atoms with Gasteiger partial charge in [-0.15, -0.1) is 0 Å². The number of benzene rings is 11. The third kappa shape index (κ3) is 6.73. The van der Waals surface area contributed by atoms with Gasteiger partial charge in [0.05, 0.1) is 11.4 Å². The zero-order valence-corrected chi connectivity index (χ0v) is 33.6. The van der Waals surface area contributed by atoms with Crippen molar-refractivity contribution < 1.29 is 0 Å². The lowest BCUT2D eigenvalue weighted by atomic mass is 9.90. The first-order valence-electron chi connectivity index (χ1n) is 21.0. The van der Waals surface area contributed by atoms with Gasteiger partial charge < -0.3 is 4.90 Å². The van der Waals surface area contributed by atoms with Crippen LogP contribution in [0.15, 0.2) is 249 Å². The summed E-state index contributed by atoms with van der Waals surface area (Å²) in [7, 11) is 0. The molecule has 0 aliphatic carbocycles. The molecule has 0 radical (unpaired) electrons. The molecule has 0 saturated carbocycles. The molecule has 0 N–H and O–H groups in total. The van der Waals surface area contributed by atoms with E-state index in [9.17, 15) is 0 Å². The van der Waals surface area contributed by atoms with Crippen molar-refractivity contribution in [1.82, 2.24) is 0 Å². The van der Waals surface area contributed by atoms with E-state index in [0.717, 1.165) is 28.2 Å². The maximum Gasteiger partial charge on any atom is 0.0540 e. The van der Waals surface area contributed by atoms with Gasteiger partial charge >= 0.3 is 0 Å². The predicted molar refractivity (Wildman–Crippen MR) is 261 cm³/mol. The van der Waals surface area contributed by atoms with Gasteiger partial charge in [0.1, 0.15) is 0 Å². The summed E-state index contributed by atoms with van der Waals surface area (Å²) in [6.07, 6.45) is 0. The first-order valence-corrected chi connectivity index (χ1v) is 21.0. The molecule has 0 unspecified atom stereocenters. The minimum absolute atomic E-state index is 1.08. The second kappa shape index (κ2) is 15.6. The summed E-state index contributed by atoms with van der Waals surface area (Å²) < 4.78 is 0. The summed E-state index contributed by atoms with van der Waals surface area (Å²) >= 11 is 0. The molecule has 0 aliphatic rings. The molecule has 1 heteroatoms. The number of hydrogen-bond acceptors (Lipinski definition) is 1. The molecule has 0 atom stereocenters. The first-order chi connectivity index (χ1) is 30.3.